The van der Waals surface area contributed by atoms with Crippen molar-refractivity contribution in [3.05, 3.63) is 58.1 Å². The van der Waals surface area contributed by atoms with Gasteiger partial charge in [0.1, 0.15) is 12.6 Å². The fourth-order valence-corrected chi connectivity index (χ4v) is 5.08. The van der Waals surface area contributed by atoms with Crippen molar-refractivity contribution in [2.24, 2.45) is 0 Å². The molecule has 1 aliphatic rings. The van der Waals surface area contributed by atoms with E-state index in [4.69, 9.17) is 27.9 Å². The Kier molecular flexibility index (Phi) is 13.2. The first-order valence-corrected chi connectivity index (χ1v) is 15.3. The van der Waals surface area contributed by atoms with Gasteiger partial charge in [0.15, 0.2) is 0 Å². The molecule has 1 saturated heterocycles. The summed E-state index contributed by atoms with van der Waals surface area (Å²) in [6, 6.07) is 9.80. The molecule has 14 heteroatoms. The predicted molar refractivity (Wildman–Crippen MR) is 155 cm³/mol. The second kappa shape index (κ2) is 15.6. The van der Waals surface area contributed by atoms with Gasteiger partial charge in [0.25, 0.3) is 0 Å². The molecule has 0 unspecified atom stereocenters. The Hall–Kier alpha value is -2.54. The maximum atomic E-state index is 12.5. The fourth-order valence-electron chi connectivity index (χ4n) is 4.14. The van der Waals surface area contributed by atoms with Crippen molar-refractivity contribution in [1.29, 1.82) is 0 Å². The molecule has 0 aromatic heterocycles. The second-order valence-electron chi connectivity index (χ2n) is 9.14. The van der Waals surface area contributed by atoms with Crippen molar-refractivity contribution in [3.8, 4) is 0 Å². The smallest absolute Gasteiger partial charge is 0.361 e. The number of benzene rings is 2. The maximum absolute atomic E-state index is 12.5. The van der Waals surface area contributed by atoms with Crippen LogP contribution in [-0.4, -0.2) is 56.4 Å². The van der Waals surface area contributed by atoms with Crippen molar-refractivity contribution < 1.29 is 35.9 Å². The highest BCUT2D eigenvalue weighted by molar-refractivity contribution is 7.93. The Morgan fingerprint density at radius 2 is 1.85 bits per heavy atom. The van der Waals surface area contributed by atoms with E-state index in [2.05, 4.69) is 6.92 Å². The lowest BCUT2D eigenvalue weighted by Gasteiger charge is -2.27. The molecule has 0 bridgehead atoms. The van der Waals surface area contributed by atoms with Gasteiger partial charge in [-0.25, -0.2) is 0 Å². The van der Waals surface area contributed by atoms with Gasteiger partial charge in [-0.3, -0.25) is 19.2 Å². The largest absolute Gasteiger partial charge is 0.516 e. The van der Waals surface area contributed by atoms with Gasteiger partial charge >= 0.3 is 15.5 Å². The van der Waals surface area contributed by atoms with Gasteiger partial charge in [0.2, 0.25) is 11.8 Å². The molecule has 228 valence electrons. The van der Waals surface area contributed by atoms with Crippen molar-refractivity contribution >= 4 is 56.4 Å². The molecular weight excluding hydrogens is 606 g/mol. The maximum Gasteiger partial charge on any atom is 0.516 e. The highest BCUT2D eigenvalue weighted by atomic mass is 35.5. The standard InChI is InChI=1S/C14H20ClNO2.C13H14ClF3N2O3S/c1-4-12-8-6-7-11(3)14(12)16(10-18-5-2)13(17)9-15;14-10-4-5-11(18-23(21,22)13(15,16)17)9(7-10)8-19-6-2-1-3-12(19)20/h6-8H,4-5,9-10H2,1-3H3;4-5,7,18H,1-3,6,8H2. The summed E-state index contributed by atoms with van der Waals surface area (Å²) in [5.41, 5.74) is -2.34. The van der Waals surface area contributed by atoms with Crippen LogP contribution in [-0.2, 0) is 37.3 Å². The molecule has 2 aromatic carbocycles. The van der Waals surface area contributed by atoms with Crippen LogP contribution in [0.25, 0.3) is 0 Å². The minimum Gasteiger partial charge on any atom is -0.361 e. The SMILES string of the molecule is CCOCN(C(=O)CCl)c1c(C)cccc1CC.O=C1CCCCN1Cc1cc(Cl)ccc1NS(=O)(=O)C(F)(F)F. The summed E-state index contributed by atoms with van der Waals surface area (Å²) in [5, 5.41) is 0.236. The Balaban J connectivity index is 0.000000296. The molecule has 1 N–H and O–H groups in total. The number of ether oxygens (including phenoxy) is 1. The lowest BCUT2D eigenvalue weighted by atomic mass is 10.0. The third-order valence-corrected chi connectivity index (χ3v) is 7.77. The summed E-state index contributed by atoms with van der Waals surface area (Å²) >= 11 is 11.5. The van der Waals surface area contributed by atoms with Gasteiger partial charge in [-0.15, -0.1) is 11.6 Å². The molecular formula is C27H34Cl2F3N3O5S. The summed E-state index contributed by atoms with van der Waals surface area (Å²) < 4.78 is 66.9. The van der Waals surface area contributed by atoms with E-state index in [-0.39, 0.29) is 47.2 Å². The van der Waals surface area contributed by atoms with E-state index >= 15 is 0 Å². The summed E-state index contributed by atoms with van der Waals surface area (Å²) in [7, 11) is -5.54. The Morgan fingerprint density at radius 1 is 1.15 bits per heavy atom. The predicted octanol–water partition coefficient (Wildman–Crippen LogP) is 6.24. The number of carbonyl (C=O) groups excluding carboxylic acids is 2. The molecule has 0 aliphatic carbocycles. The van der Waals surface area contributed by atoms with Gasteiger partial charge in [-0.2, -0.15) is 21.6 Å². The highest BCUT2D eigenvalue weighted by Crippen LogP contribution is 2.30. The van der Waals surface area contributed by atoms with Crippen LogP contribution < -0.4 is 9.62 Å². The number of hydrogen-bond donors (Lipinski definition) is 1. The molecule has 0 spiro atoms. The molecule has 0 atom stereocenters. The number of halogens is 5. The molecule has 41 heavy (non-hydrogen) atoms. The Morgan fingerprint density at radius 3 is 2.44 bits per heavy atom. The zero-order chi connectivity index (χ0) is 30.8. The first kappa shape index (κ1) is 34.7. The first-order chi connectivity index (χ1) is 19.2. The number of amides is 2. The Labute approximate surface area is 248 Å². The van der Waals surface area contributed by atoms with Crippen LogP contribution in [0.2, 0.25) is 5.02 Å². The van der Waals surface area contributed by atoms with E-state index < -0.39 is 15.5 Å². The third kappa shape index (κ3) is 9.76. The third-order valence-electron chi connectivity index (χ3n) is 6.21. The van der Waals surface area contributed by atoms with Crippen LogP contribution in [0.1, 0.15) is 49.8 Å². The molecule has 0 saturated carbocycles. The van der Waals surface area contributed by atoms with Crippen LogP contribution in [0.5, 0.6) is 0 Å². The fraction of sp³-hybridized carbons (Fsp3) is 0.481. The van der Waals surface area contributed by atoms with Crippen LogP contribution in [0.4, 0.5) is 24.5 Å². The number of alkyl halides is 4. The number of likely N-dealkylation sites (tertiary alicyclic amines) is 1. The molecule has 8 nitrogen and oxygen atoms in total. The van der Waals surface area contributed by atoms with E-state index in [0.29, 0.717) is 19.6 Å². The monoisotopic (exact) mass is 639 g/mol. The van der Waals surface area contributed by atoms with Crippen LogP contribution in [0, 0.1) is 6.92 Å². The van der Waals surface area contributed by atoms with E-state index in [9.17, 15) is 31.2 Å². The van der Waals surface area contributed by atoms with Crippen molar-refractivity contribution in [2.45, 2.75) is 58.5 Å². The Bertz CT molecular complexity index is 1310. The average molecular weight is 641 g/mol. The molecule has 1 aliphatic heterocycles. The average Bonchev–Trinajstić information content (AvgIpc) is 2.91. The minimum atomic E-state index is -5.54. The zero-order valence-electron chi connectivity index (χ0n) is 23.1. The van der Waals surface area contributed by atoms with Gasteiger partial charge < -0.3 is 9.64 Å². The zero-order valence-corrected chi connectivity index (χ0v) is 25.4. The summed E-state index contributed by atoms with van der Waals surface area (Å²) in [5.74, 6) is -0.292. The van der Waals surface area contributed by atoms with Gasteiger partial charge in [0.05, 0.1) is 11.4 Å². The van der Waals surface area contributed by atoms with E-state index in [1.807, 2.05) is 32.0 Å². The number of piperidine rings is 1. The minimum absolute atomic E-state index is 0.00486. The van der Waals surface area contributed by atoms with Gasteiger partial charge in [-0.1, -0.05) is 36.7 Å². The number of hydrogen-bond acceptors (Lipinski definition) is 5. The first-order valence-electron chi connectivity index (χ1n) is 12.9. The molecule has 1 heterocycles. The quantitative estimate of drug-likeness (QED) is 0.245. The van der Waals surface area contributed by atoms with E-state index in [0.717, 1.165) is 42.1 Å². The number of rotatable bonds is 10. The molecule has 1 fully saturated rings. The van der Waals surface area contributed by atoms with Gasteiger partial charge in [0, 0.05) is 31.1 Å². The van der Waals surface area contributed by atoms with Crippen LogP contribution in [0.3, 0.4) is 0 Å². The van der Waals surface area contributed by atoms with Crippen molar-refractivity contribution in [1.82, 2.24) is 4.90 Å². The van der Waals surface area contributed by atoms with E-state index in [1.165, 1.54) is 21.8 Å². The van der Waals surface area contributed by atoms with Crippen LogP contribution >= 0.6 is 23.2 Å². The molecule has 2 amide bonds. The number of aryl methyl sites for hydroxylation is 2. The molecule has 2 aromatic rings. The number of carbonyl (C=O) groups is 2. The summed E-state index contributed by atoms with van der Waals surface area (Å²) in [6.45, 7) is 7.25. The summed E-state index contributed by atoms with van der Waals surface area (Å²) in [4.78, 5) is 26.9. The lowest BCUT2D eigenvalue weighted by molar-refractivity contribution is -0.133. The number of para-hydroxylation sites is 1. The number of nitrogens with one attached hydrogen (secondary N) is 1. The molecule has 3 rings (SSSR count). The van der Waals surface area contributed by atoms with Crippen LogP contribution in [0.15, 0.2) is 36.4 Å². The number of sulfonamides is 1. The van der Waals surface area contributed by atoms with Crippen molar-refractivity contribution in [2.75, 3.05) is 35.4 Å². The van der Waals surface area contributed by atoms with E-state index in [1.54, 1.807) is 4.90 Å². The second-order valence-corrected chi connectivity index (χ2v) is 11.5. The topological polar surface area (TPSA) is 96.0 Å². The lowest BCUT2D eigenvalue weighted by Crippen LogP contribution is -2.35. The number of nitrogens with zero attached hydrogens (tertiary/aromatic N) is 2. The molecule has 0 radical (unpaired) electrons. The van der Waals surface area contributed by atoms with Gasteiger partial charge in [-0.05, 0) is 68.0 Å². The normalized spacial score (nSPS) is 13.9. The van der Waals surface area contributed by atoms with Crippen molar-refractivity contribution in [3.63, 3.8) is 0 Å². The highest BCUT2D eigenvalue weighted by Gasteiger charge is 2.46. The summed E-state index contributed by atoms with van der Waals surface area (Å²) in [6.07, 6.45) is 2.79. The number of anilines is 2.